The van der Waals surface area contributed by atoms with Crippen molar-refractivity contribution in [1.29, 1.82) is 0 Å². The van der Waals surface area contributed by atoms with E-state index in [-0.39, 0.29) is 0 Å². The van der Waals surface area contributed by atoms with Crippen LogP contribution in [0, 0.1) is 6.92 Å². The first-order valence-corrected chi connectivity index (χ1v) is 6.26. The number of fused-ring (bicyclic) bond motifs is 1. The van der Waals surface area contributed by atoms with Gasteiger partial charge >= 0.3 is 0 Å². The minimum absolute atomic E-state index is 0.311. The van der Waals surface area contributed by atoms with E-state index in [0.29, 0.717) is 13.3 Å². The molecule has 1 heterocycles. The van der Waals surface area contributed by atoms with Crippen LogP contribution in [0.4, 0.5) is 0 Å². The van der Waals surface area contributed by atoms with Gasteiger partial charge in [-0.25, -0.2) is 0 Å². The maximum atomic E-state index is 5.34. The summed E-state index contributed by atoms with van der Waals surface area (Å²) >= 11 is 0. The van der Waals surface area contributed by atoms with E-state index >= 15 is 0 Å². The largest absolute Gasteiger partial charge is 0.454 e. The highest BCUT2D eigenvalue weighted by Crippen LogP contribution is 2.32. The lowest BCUT2D eigenvalue weighted by atomic mass is 10.2. The lowest BCUT2D eigenvalue weighted by Gasteiger charge is -1.99. The van der Waals surface area contributed by atoms with Crippen molar-refractivity contribution < 1.29 is 9.47 Å². The van der Waals surface area contributed by atoms with E-state index < -0.39 is 0 Å². The van der Waals surface area contributed by atoms with Gasteiger partial charge in [0.2, 0.25) is 6.79 Å². The van der Waals surface area contributed by atoms with E-state index in [2.05, 4.69) is 36.2 Å². The second-order valence-electron chi connectivity index (χ2n) is 4.57. The third-order valence-electron chi connectivity index (χ3n) is 3.03. The first kappa shape index (κ1) is 11.8. The van der Waals surface area contributed by atoms with Crippen LogP contribution < -0.4 is 9.47 Å². The van der Waals surface area contributed by atoms with Crippen molar-refractivity contribution in [1.82, 2.24) is 0 Å². The number of hydrogen-bond acceptors (Lipinski definition) is 3. The quantitative estimate of drug-likeness (QED) is 0.785. The number of ether oxygens (including phenoxy) is 2. The van der Waals surface area contributed by atoms with Crippen molar-refractivity contribution in [2.75, 3.05) is 6.79 Å². The van der Waals surface area contributed by atoms with Gasteiger partial charge in [0, 0.05) is 6.21 Å². The summed E-state index contributed by atoms with van der Waals surface area (Å²) in [5.41, 5.74) is 3.49. The number of benzene rings is 2. The molecule has 0 spiro atoms. The Morgan fingerprint density at radius 1 is 1.05 bits per heavy atom. The standard InChI is InChI=1S/C16H15NO2/c1-12-2-4-13(5-3-12)9-17-10-14-6-7-15-16(8-14)19-11-18-15/h2-9H,10-11H2,1H3. The van der Waals surface area contributed by atoms with Crippen LogP contribution in [0.2, 0.25) is 0 Å². The predicted octanol–water partition coefficient (Wildman–Crippen LogP) is 3.34. The molecule has 1 aliphatic rings. The van der Waals surface area contributed by atoms with Crippen molar-refractivity contribution >= 4 is 6.21 Å². The van der Waals surface area contributed by atoms with Gasteiger partial charge in [-0.15, -0.1) is 0 Å². The Morgan fingerprint density at radius 2 is 1.84 bits per heavy atom. The zero-order chi connectivity index (χ0) is 13.1. The lowest BCUT2D eigenvalue weighted by Crippen LogP contribution is -1.92. The molecule has 3 heteroatoms. The van der Waals surface area contributed by atoms with Crippen molar-refractivity contribution in [2.45, 2.75) is 13.5 Å². The van der Waals surface area contributed by atoms with Crippen LogP contribution in [0.5, 0.6) is 11.5 Å². The maximum Gasteiger partial charge on any atom is 0.231 e. The van der Waals surface area contributed by atoms with Crippen LogP contribution in [-0.4, -0.2) is 13.0 Å². The summed E-state index contributed by atoms with van der Waals surface area (Å²) in [5, 5.41) is 0. The van der Waals surface area contributed by atoms with E-state index in [4.69, 9.17) is 9.47 Å². The molecule has 1 aliphatic heterocycles. The van der Waals surface area contributed by atoms with Gasteiger partial charge in [-0.1, -0.05) is 35.9 Å². The van der Waals surface area contributed by atoms with E-state index in [1.54, 1.807) is 0 Å². The number of aliphatic imine (C=N–C) groups is 1. The molecule has 0 N–H and O–H groups in total. The molecule has 0 saturated carbocycles. The van der Waals surface area contributed by atoms with Crippen molar-refractivity contribution in [3.63, 3.8) is 0 Å². The molecular formula is C16H15NO2. The fourth-order valence-electron chi connectivity index (χ4n) is 1.95. The summed E-state index contributed by atoms with van der Waals surface area (Å²) in [6.45, 7) is 3.03. The van der Waals surface area contributed by atoms with Crippen LogP contribution in [0.3, 0.4) is 0 Å². The molecule has 3 nitrogen and oxygen atoms in total. The fourth-order valence-corrected chi connectivity index (χ4v) is 1.95. The summed E-state index contributed by atoms with van der Waals surface area (Å²) in [5.74, 6) is 1.62. The fraction of sp³-hybridized carbons (Fsp3) is 0.188. The smallest absolute Gasteiger partial charge is 0.231 e. The van der Waals surface area contributed by atoms with Gasteiger partial charge in [-0.05, 0) is 30.2 Å². The molecule has 0 unspecified atom stereocenters. The first-order valence-electron chi connectivity index (χ1n) is 6.26. The molecule has 19 heavy (non-hydrogen) atoms. The van der Waals surface area contributed by atoms with E-state index in [1.807, 2.05) is 24.4 Å². The first-order chi connectivity index (χ1) is 9.31. The molecule has 96 valence electrons. The molecule has 2 aromatic carbocycles. The van der Waals surface area contributed by atoms with Gasteiger partial charge in [-0.2, -0.15) is 0 Å². The normalized spacial score (nSPS) is 13.1. The van der Waals surface area contributed by atoms with Crippen molar-refractivity contribution in [3.8, 4) is 11.5 Å². The molecule has 0 aromatic heterocycles. The maximum absolute atomic E-state index is 5.34. The van der Waals surface area contributed by atoms with Crippen LogP contribution in [0.1, 0.15) is 16.7 Å². The number of nitrogens with zero attached hydrogens (tertiary/aromatic N) is 1. The Bertz CT molecular complexity index is 603. The van der Waals surface area contributed by atoms with E-state index in [0.717, 1.165) is 22.6 Å². The van der Waals surface area contributed by atoms with Gasteiger partial charge in [-0.3, -0.25) is 4.99 Å². The SMILES string of the molecule is Cc1ccc(C=NCc2ccc3c(c2)OCO3)cc1. The second-order valence-corrected chi connectivity index (χ2v) is 4.57. The monoisotopic (exact) mass is 253 g/mol. The Kier molecular flexibility index (Phi) is 3.19. The van der Waals surface area contributed by atoms with E-state index in [1.165, 1.54) is 5.56 Å². The van der Waals surface area contributed by atoms with Gasteiger partial charge < -0.3 is 9.47 Å². The summed E-state index contributed by atoms with van der Waals surface area (Å²) in [4.78, 5) is 4.45. The average Bonchev–Trinajstić information content (AvgIpc) is 2.88. The zero-order valence-corrected chi connectivity index (χ0v) is 10.8. The predicted molar refractivity (Wildman–Crippen MR) is 75.0 cm³/mol. The van der Waals surface area contributed by atoms with Crippen LogP contribution in [0.15, 0.2) is 47.5 Å². The van der Waals surface area contributed by atoms with Gasteiger partial charge in [0.05, 0.1) is 6.54 Å². The highest BCUT2D eigenvalue weighted by molar-refractivity contribution is 5.79. The van der Waals surface area contributed by atoms with Gasteiger partial charge in [0.25, 0.3) is 0 Å². The summed E-state index contributed by atoms with van der Waals surface area (Å²) < 4.78 is 10.6. The topological polar surface area (TPSA) is 30.8 Å². The number of rotatable bonds is 3. The molecule has 2 aromatic rings. The molecule has 0 amide bonds. The summed E-state index contributed by atoms with van der Waals surface area (Å²) in [6.07, 6.45) is 1.89. The minimum atomic E-state index is 0.311. The molecule has 0 aliphatic carbocycles. The highest BCUT2D eigenvalue weighted by atomic mass is 16.7. The van der Waals surface area contributed by atoms with Crippen LogP contribution in [-0.2, 0) is 6.54 Å². The lowest BCUT2D eigenvalue weighted by molar-refractivity contribution is 0.174. The Hall–Kier alpha value is -2.29. The molecule has 0 fully saturated rings. The highest BCUT2D eigenvalue weighted by Gasteiger charge is 2.12. The van der Waals surface area contributed by atoms with Crippen molar-refractivity contribution in [2.24, 2.45) is 4.99 Å². The molecule has 0 bridgehead atoms. The van der Waals surface area contributed by atoms with Gasteiger partial charge in [0.15, 0.2) is 11.5 Å². The molecule has 0 atom stereocenters. The van der Waals surface area contributed by atoms with Crippen LogP contribution in [0.25, 0.3) is 0 Å². The number of aryl methyl sites for hydroxylation is 1. The average molecular weight is 253 g/mol. The Labute approximate surface area is 112 Å². The minimum Gasteiger partial charge on any atom is -0.454 e. The summed E-state index contributed by atoms with van der Waals surface area (Å²) in [7, 11) is 0. The molecule has 3 rings (SSSR count). The molecular weight excluding hydrogens is 238 g/mol. The summed E-state index contributed by atoms with van der Waals surface area (Å²) in [6, 6.07) is 14.2. The third kappa shape index (κ3) is 2.76. The van der Waals surface area contributed by atoms with Crippen LogP contribution >= 0.6 is 0 Å². The Morgan fingerprint density at radius 3 is 2.68 bits per heavy atom. The van der Waals surface area contributed by atoms with E-state index in [9.17, 15) is 0 Å². The van der Waals surface area contributed by atoms with Crippen molar-refractivity contribution in [3.05, 3.63) is 59.2 Å². The second kappa shape index (κ2) is 5.14. The zero-order valence-electron chi connectivity index (χ0n) is 10.8. The van der Waals surface area contributed by atoms with Gasteiger partial charge in [0.1, 0.15) is 0 Å². The molecule has 0 radical (unpaired) electrons. The number of hydrogen-bond donors (Lipinski definition) is 0. The third-order valence-corrected chi connectivity index (χ3v) is 3.03. The Balaban J connectivity index is 1.67. The molecule has 0 saturated heterocycles.